The molecule has 1 aromatic rings. The molecule has 0 aromatic heterocycles. The lowest BCUT2D eigenvalue weighted by atomic mass is 9.98. The zero-order valence-electron chi connectivity index (χ0n) is 11.7. The Morgan fingerprint density at radius 2 is 2.00 bits per heavy atom. The van der Waals surface area contributed by atoms with Crippen molar-refractivity contribution in [3.8, 4) is 0 Å². The average molecular weight is 328 g/mol. The van der Waals surface area contributed by atoms with E-state index in [1.807, 2.05) is 6.07 Å². The molecule has 1 aromatic carbocycles. The summed E-state index contributed by atoms with van der Waals surface area (Å²) in [5.74, 6) is -0.0764. The molecule has 2 rings (SSSR count). The second-order valence-electron chi connectivity index (χ2n) is 5.44. The van der Waals surface area contributed by atoms with Gasteiger partial charge in [-0.05, 0) is 50.9 Å². The second kappa shape index (κ2) is 7.39. The summed E-state index contributed by atoms with van der Waals surface area (Å²) >= 11 is 3.49. The molecule has 0 radical (unpaired) electrons. The fraction of sp³-hybridized carbons (Fsp3) is 0.625. The predicted octanol–water partition coefficient (Wildman–Crippen LogP) is 4.79. The summed E-state index contributed by atoms with van der Waals surface area (Å²) in [6.07, 6.45) is 7.06. The topological polar surface area (TPSA) is 3.24 Å². The maximum absolute atomic E-state index is 14.0. The normalized spacial score (nSPS) is 18.5. The number of rotatable bonds is 5. The Kier molecular flexibility index (Phi) is 5.83. The molecule has 1 unspecified atom stereocenters. The Morgan fingerprint density at radius 1 is 1.26 bits per heavy atom. The van der Waals surface area contributed by atoms with E-state index >= 15 is 0 Å². The van der Waals surface area contributed by atoms with Crippen LogP contribution < -0.4 is 0 Å². The van der Waals surface area contributed by atoms with Gasteiger partial charge in [0, 0.05) is 16.1 Å². The van der Waals surface area contributed by atoms with Gasteiger partial charge in [0.25, 0.3) is 0 Å². The van der Waals surface area contributed by atoms with Crippen molar-refractivity contribution >= 4 is 15.9 Å². The van der Waals surface area contributed by atoms with E-state index in [9.17, 15) is 4.39 Å². The number of hydrogen-bond acceptors (Lipinski definition) is 1. The van der Waals surface area contributed by atoms with E-state index in [1.54, 1.807) is 12.1 Å². The summed E-state index contributed by atoms with van der Waals surface area (Å²) < 4.78 is 14.9. The number of halogens is 2. The molecule has 0 saturated carbocycles. The van der Waals surface area contributed by atoms with Crippen LogP contribution in [0.2, 0.25) is 0 Å². The minimum Gasteiger partial charge on any atom is -0.300 e. The van der Waals surface area contributed by atoms with Crippen molar-refractivity contribution in [1.82, 2.24) is 4.90 Å². The molecule has 1 aliphatic rings. The third kappa shape index (κ3) is 4.03. The molecule has 0 N–H and O–H groups in total. The third-order valence-electron chi connectivity index (χ3n) is 4.03. The maximum Gasteiger partial charge on any atom is 0.127 e. The first-order valence-corrected chi connectivity index (χ1v) is 8.18. The van der Waals surface area contributed by atoms with Crippen LogP contribution in [0.5, 0.6) is 0 Å². The Balaban J connectivity index is 2.11. The zero-order chi connectivity index (χ0) is 13.7. The van der Waals surface area contributed by atoms with Gasteiger partial charge in [-0.15, -0.1) is 0 Å². The second-order valence-corrected chi connectivity index (χ2v) is 6.30. The lowest BCUT2D eigenvalue weighted by molar-refractivity contribution is 0.152. The van der Waals surface area contributed by atoms with Crippen LogP contribution in [0.15, 0.2) is 22.7 Å². The number of benzene rings is 1. The SMILES string of the molecule is CCCC(Cc1c(F)cccc1Br)N1CCCCC1. The quantitative estimate of drug-likeness (QED) is 0.751. The number of likely N-dealkylation sites (tertiary alicyclic amines) is 1. The number of piperidine rings is 1. The van der Waals surface area contributed by atoms with Crippen LogP contribution in [-0.2, 0) is 6.42 Å². The number of hydrogen-bond donors (Lipinski definition) is 0. The average Bonchev–Trinajstić information content (AvgIpc) is 2.43. The zero-order valence-corrected chi connectivity index (χ0v) is 13.3. The Hall–Kier alpha value is -0.410. The molecule has 1 nitrogen and oxygen atoms in total. The van der Waals surface area contributed by atoms with Gasteiger partial charge < -0.3 is 4.90 Å². The Labute approximate surface area is 124 Å². The van der Waals surface area contributed by atoms with Gasteiger partial charge in [-0.3, -0.25) is 0 Å². The van der Waals surface area contributed by atoms with E-state index in [4.69, 9.17) is 0 Å². The third-order valence-corrected chi connectivity index (χ3v) is 4.77. The smallest absolute Gasteiger partial charge is 0.127 e. The molecule has 1 fully saturated rings. The largest absolute Gasteiger partial charge is 0.300 e. The van der Waals surface area contributed by atoms with Crippen LogP contribution in [0.1, 0.15) is 44.6 Å². The van der Waals surface area contributed by atoms with Gasteiger partial charge in [0.15, 0.2) is 0 Å². The van der Waals surface area contributed by atoms with E-state index in [2.05, 4.69) is 27.8 Å². The summed E-state index contributed by atoms with van der Waals surface area (Å²) in [6.45, 7) is 4.57. The van der Waals surface area contributed by atoms with E-state index in [0.29, 0.717) is 6.04 Å². The van der Waals surface area contributed by atoms with Crippen LogP contribution in [0.3, 0.4) is 0 Å². The highest BCUT2D eigenvalue weighted by Crippen LogP contribution is 2.25. The lowest BCUT2D eigenvalue weighted by Gasteiger charge is -2.35. The first-order chi connectivity index (χ1) is 9.22. The molecule has 19 heavy (non-hydrogen) atoms. The molecular formula is C16H23BrFN. The molecule has 3 heteroatoms. The van der Waals surface area contributed by atoms with Crippen molar-refractivity contribution in [2.75, 3.05) is 13.1 Å². The molecule has 0 bridgehead atoms. The minimum atomic E-state index is -0.0764. The van der Waals surface area contributed by atoms with Crippen molar-refractivity contribution in [3.63, 3.8) is 0 Å². The molecule has 1 atom stereocenters. The highest BCUT2D eigenvalue weighted by atomic mass is 79.9. The van der Waals surface area contributed by atoms with Gasteiger partial charge in [0.2, 0.25) is 0 Å². The molecule has 106 valence electrons. The molecule has 1 heterocycles. The van der Waals surface area contributed by atoms with Crippen LogP contribution in [-0.4, -0.2) is 24.0 Å². The maximum atomic E-state index is 14.0. The Morgan fingerprint density at radius 3 is 2.63 bits per heavy atom. The summed E-state index contributed by atoms with van der Waals surface area (Å²) in [6, 6.07) is 5.76. The summed E-state index contributed by atoms with van der Waals surface area (Å²) in [4.78, 5) is 2.56. The monoisotopic (exact) mass is 327 g/mol. The van der Waals surface area contributed by atoms with E-state index in [1.165, 1.54) is 32.4 Å². The lowest BCUT2D eigenvalue weighted by Crippen LogP contribution is -2.40. The van der Waals surface area contributed by atoms with E-state index in [0.717, 1.165) is 29.3 Å². The fourth-order valence-corrected chi connectivity index (χ4v) is 3.50. The van der Waals surface area contributed by atoms with Crippen LogP contribution in [0.4, 0.5) is 4.39 Å². The molecule has 1 saturated heterocycles. The van der Waals surface area contributed by atoms with Gasteiger partial charge in [0.05, 0.1) is 0 Å². The van der Waals surface area contributed by atoms with Crippen molar-refractivity contribution in [2.45, 2.75) is 51.5 Å². The van der Waals surface area contributed by atoms with Crippen molar-refractivity contribution in [2.24, 2.45) is 0 Å². The summed E-state index contributed by atoms with van der Waals surface area (Å²) in [5, 5.41) is 0. The van der Waals surface area contributed by atoms with Crippen LogP contribution in [0, 0.1) is 5.82 Å². The van der Waals surface area contributed by atoms with Gasteiger partial charge in [0.1, 0.15) is 5.82 Å². The molecule has 0 spiro atoms. The van der Waals surface area contributed by atoms with Gasteiger partial charge >= 0.3 is 0 Å². The van der Waals surface area contributed by atoms with Crippen LogP contribution >= 0.6 is 15.9 Å². The summed E-state index contributed by atoms with van der Waals surface area (Å²) in [5.41, 5.74) is 0.839. The first-order valence-electron chi connectivity index (χ1n) is 7.39. The van der Waals surface area contributed by atoms with Crippen molar-refractivity contribution < 1.29 is 4.39 Å². The van der Waals surface area contributed by atoms with E-state index in [-0.39, 0.29) is 5.82 Å². The molecular weight excluding hydrogens is 305 g/mol. The fourth-order valence-electron chi connectivity index (χ4n) is 2.99. The van der Waals surface area contributed by atoms with Gasteiger partial charge in [-0.1, -0.05) is 41.8 Å². The van der Waals surface area contributed by atoms with Crippen molar-refractivity contribution in [3.05, 3.63) is 34.1 Å². The molecule has 0 aliphatic carbocycles. The minimum absolute atomic E-state index is 0.0764. The van der Waals surface area contributed by atoms with E-state index < -0.39 is 0 Å². The predicted molar refractivity (Wildman–Crippen MR) is 81.9 cm³/mol. The van der Waals surface area contributed by atoms with Crippen molar-refractivity contribution in [1.29, 1.82) is 0 Å². The van der Waals surface area contributed by atoms with Crippen LogP contribution in [0.25, 0.3) is 0 Å². The highest BCUT2D eigenvalue weighted by molar-refractivity contribution is 9.10. The molecule has 0 amide bonds. The van der Waals surface area contributed by atoms with Gasteiger partial charge in [-0.2, -0.15) is 0 Å². The highest BCUT2D eigenvalue weighted by Gasteiger charge is 2.22. The Bertz CT molecular complexity index is 381. The first kappa shape index (κ1) is 15.0. The number of nitrogens with zero attached hydrogens (tertiary/aromatic N) is 1. The summed E-state index contributed by atoms with van der Waals surface area (Å²) in [7, 11) is 0. The van der Waals surface area contributed by atoms with Gasteiger partial charge in [-0.25, -0.2) is 4.39 Å². The molecule has 1 aliphatic heterocycles. The standard InChI is InChI=1S/C16H23BrFN/c1-2-7-13(19-10-4-3-5-11-19)12-14-15(17)8-6-9-16(14)18/h6,8-9,13H,2-5,7,10-12H2,1H3.